The average Bonchev–Trinajstić information content (AvgIpc) is 2.34. The summed E-state index contributed by atoms with van der Waals surface area (Å²) in [6, 6.07) is 11.2. The minimum Gasteiger partial charge on any atom is -0.454 e. The molecule has 0 aliphatic heterocycles. The molecule has 0 saturated heterocycles. The number of rotatable bonds is 3. The van der Waals surface area contributed by atoms with Crippen molar-refractivity contribution in [3.8, 4) is 23.8 Å². The zero-order chi connectivity index (χ0) is 13.0. The molecule has 0 amide bonds. The molecule has 0 aliphatic rings. The number of benzene rings is 2. The summed E-state index contributed by atoms with van der Waals surface area (Å²) >= 11 is 5.83. The third-order valence-electron chi connectivity index (χ3n) is 2.23. The van der Waals surface area contributed by atoms with Gasteiger partial charge in [-0.15, -0.1) is 6.42 Å². The van der Waals surface area contributed by atoms with E-state index in [9.17, 15) is 4.39 Å². The number of hydrogen-bond acceptors (Lipinski definition) is 1. The third kappa shape index (κ3) is 3.03. The molecule has 0 saturated carbocycles. The maximum atomic E-state index is 13.6. The highest BCUT2D eigenvalue weighted by molar-refractivity contribution is 6.30. The molecule has 2 aromatic rings. The van der Waals surface area contributed by atoms with Gasteiger partial charge < -0.3 is 4.74 Å². The van der Waals surface area contributed by atoms with Crippen LogP contribution in [0.4, 0.5) is 4.39 Å². The lowest BCUT2D eigenvalue weighted by molar-refractivity contribution is 0.442. The van der Waals surface area contributed by atoms with Crippen molar-refractivity contribution in [1.82, 2.24) is 0 Å². The Morgan fingerprint density at radius 2 is 2.06 bits per heavy atom. The lowest BCUT2D eigenvalue weighted by Crippen LogP contribution is -1.90. The van der Waals surface area contributed by atoms with Crippen LogP contribution in [0.15, 0.2) is 42.5 Å². The van der Waals surface area contributed by atoms with E-state index >= 15 is 0 Å². The molecule has 0 aromatic heterocycles. The van der Waals surface area contributed by atoms with E-state index in [1.165, 1.54) is 18.6 Å². The first-order valence-corrected chi connectivity index (χ1v) is 5.59. The molecule has 18 heavy (non-hydrogen) atoms. The Morgan fingerprint density at radius 1 is 1.22 bits per heavy atom. The summed E-state index contributed by atoms with van der Waals surface area (Å²) in [5.74, 6) is 2.51. The first-order chi connectivity index (χ1) is 8.69. The van der Waals surface area contributed by atoms with E-state index in [-0.39, 0.29) is 5.75 Å². The summed E-state index contributed by atoms with van der Waals surface area (Å²) in [6.07, 6.45) is 6.70. The quantitative estimate of drug-likeness (QED) is 0.740. The van der Waals surface area contributed by atoms with E-state index in [4.69, 9.17) is 22.8 Å². The van der Waals surface area contributed by atoms with Crippen LogP contribution >= 0.6 is 11.6 Å². The molecule has 0 aliphatic carbocycles. The molecule has 1 nitrogen and oxygen atoms in total. The summed E-state index contributed by atoms with van der Waals surface area (Å²) in [7, 11) is 0. The molecule has 0 fully saturated rings. The molecular weight excluding hydrogens is 251 g/mol. The minimum atomic E-state index is -0.454. The molecule has 0 bridgehead atoms. The summed E-state index contributed by atoms with van der Waals surface area (Å²) in [5.41, 5.74) is 0.705. The van der Waals surface area contributed by atoms with Crippen LogP contribution in [0, 0.1) is 24.6 Å². The van der Waals surface area contributed by atoms with Crippen molar-refractivity contribution in [2.24, 2.45) is 0 Å². The van der Waals surface area contributed by atoms with Crippen LogP contribution in [0.3, 0.4) is 0 Å². The Morgan fingerprint density at radius 3 is 2.78 bits per heavy atom. The Labute approximate surface area is 110 Å². The van der Waals surface area contributed by atoms with Gasteiger partial charge in [-0.25, -0.2) is 4.39 Å². The largest absolute Gasteiger partial charge is 0.454 e. The molecule has 0 heterocycles. The molecule has 0 atom stereocenters. The van der Waals surface area contributed by atoms with E-state index in [2.05, 4.69) is 5.92 Å². The molecular formula is C15H9ClFO. The van der Waals surface area contributed by atoms with E-state index < -0.39 is 5.82 Å². The van der Waals surface area contributed by atoms with E-state index in [0.717, 1.165) is 0 Å². The maximum absolute atomic E-state index is 13.6. The van der Waals surface area contributed by atoms with E-state index in [0.29, 0.717) is 16.3 Å². The van der Waals surface area contributed by atoms with Gasteiger partial charge in [0.15, 0.2) is 11.6 Å². The average molecular weight is 260 g/mol. The van der Waals surface area contributed by atoms with Crippen LogP contribution in [0.5, 0.6) is 11.5 Å². The first-order valence-electron chi connectivity index (χ1n) is 5.21. The highest BCUT2D eigenvalue weighted by Crippen LogP contribution is 2.27. The van der Waals surface area contributed by atoms with Gasteiger partial charge in [-0.2, -0.15) is 0 Å². The van der Waals surface area contributed by atoms with Crippen LogP contribution < -0.4 is 4.74 Å². The van der Waals surface area contributed by atoms with Gasteiger partial charge in [-0.3, -0.25) is 0 Å². The summed E-state index contributed by atoms with van der Waals surface area (Å²) in [5, 5.41) is 0.527. The third-order valence-corrected chi connectivity index (χ3v) is 2.46. The van der Waals surface area contributed by atoms with E-state index in [1.807, 2.05) is 0 Å². The standard InChI is InChI=1S/C15H9ClFO/c1-2-4-11-7-8-14(17)15(9-11)18-13-6-3-5-12(16)10-13/h1,3-10H. The van der Waals surface area contributed by atoms with Gasteiger partial charge in [0.25, 0.3) is 0 Å². The fraction of sp³-hybridized carbons (Fsp3) is 0. The molecule has 0 unspecified atom stereocenters. The van der Waals surface area contributed by atoms with Gasteiger partial charge >= 0.3 is 0 Å². The maximum Gasteiger partial charge on any atom is 0.165 e. The number of ether oxygens (including phenoxy) is 1. The smallest absolute Gasteiger partial charge is 0.165 e. The fourth-order valence-corrected chi connectivity index (χ4v) is 1.62. The highest BCUT2D eigenvalue weighted by atomic mass is 35.5. The molecule has 2 rings (SSSR count). The van der Waals surface area contributed by atoms with Crippen molar-refractivity contribution < 1.29 is 9.13 Å². The minimum absolute atomic E-state index is 0.112. The van der Waals surface area contributed by atoms with Crippen molar-refractivity contribution in [2.75, 3.05) is 0 Å². The Hall–Kier alpha value is -1.98. The van der Waals surface area contributed by atoms with Gasteiger partial charge in [0.05, 0.1) is 6.42 Å². The second kappa shape index (κ2) is 5.57. The second-order valence-electron chi connectivity index (χ2n) is 3.56. The SMILES string of the molecule is C#C[CH]c1ccc(F)c(Oc2cccc(Cl)c2)c1. The van der Waals surface area contributed by atoms with Crippen molar-refractivity contribution in [1.29, 1.82) is 0 Å². The number of halogens is 2. The monoisotopic (exact) mass is 259 g/mol. The first kappa shape index (κ1) is 12.5. The predicted octanol–water partition coefficient (Wildman–Crippen LogP) is 4.46. The van der Waals surface area contributed by atoms with Gasteiger partial charge in [0, 0.05) is 5.02 Å². The molecule has 3 heteroatoms. The van der Waals surface area contributed by atoms with Gasteiger partial charge in [-0.05, 0) is 35.9 Å². The van der Waals surface area contributed by atoms with Gasteiger partial charge in [-0.1, -0.05) is 29.7 Å². The summed E-state index contributed by atoms with van der Waals surface area (Å²) in [4.78, 5) is 0. The van der Waals surface area contributed by atoms with Gasteiger partial charge in [0.2, 0.25) is 0 Å². The van der Waals surface area contributed by atoms with Crippen molar-refractivity contribution in [2.45, 2.75) is 0 Å². The molecule has 89 valence electrons. The zero-order valence-corrected chi connectivity index (χ0v) is 10.1. The lowest BCUT2D eigenvalue weighted by Gasteiger charge is -2.08. The molecule has 2 aromatic carbocycles. The van der Waals surface area contributed by atoms with Crippen LogP contribution in [0.25, 0.3) is 0 Å². The van der Waals surface area contributed by atoms with Crippen LogP contribution in [0.2, 0.25) is 5.02 Å². The van der Waals surface area contributed by atoms with Crippen molar-refractivity contribution >= 4 is 11.6 Å². The fourth-order valence-electron chi connectivity index (χ4n) is 1.44. The van der Waals surface area contributed by atoms with Crippen LogP contribution in [-0.4, -0.2) is 0 Å². The molecule has 1 radical (unpaired) electrons. The summed E-state index contributed by atoms with van der Waals surface area (Å²) in [6.45, 7) is 0. The Balaban J connectivity index is 2.28. The van der Waals surface area contributed by atoms with Crippen molar-refractivity contribution in [3.63, 3.8) is 0 Å². The number of terminal acetylenes is 1. The van der Waals surface area contributed by atoms with E-state index in [1.54, 1.807) is 30.3 Å². The van der Waals surface area contributed by atoms with Gasteiger partial charge in [0.1, 0.15) is 5.75 Å². The highest BCUT2D eigenvalue weighted by Gasteiger charge is 2.06. The van der Waals surface area contributed by atoms with Crippen LogP contribution in [-0.2, 0) is 0 Å². The zero-order valence-electron chi connectivity index (χ0n) is 9.36. The van der Waals surface area contributed by atoms with Crippen LogP contribution in [0.1, 0.15) is 5.56 Å². The topological polar surface area (TPSA) is 9.23 Å². The normalized spacial score (nSPS) is 9.83. The number of hydrogen-bond donors (Lipinski definition) is 0. The Kier molecular flexibility index (Phi) is 3.86. The predicted molar refractivity (Wildman–Crippen MR) is 70.2 cm³/mol. The Bertz CT molecular complexity index is 602. The van der Waals surface area contributed by atoms with Crippen molar-refractivity contribution in [3.05, 3.63) is 65.3 Å². The molecule has 0 N–H and O–H groups in total. The second-order valence-corrected chi connectivity index (χ2v) is 4.00. The molecule has 0 spiro atoms. The lowest BCUT2D eigenvalue weighted by atomic mass is 10.1. The summed E-state index contributed by atoms with van der Waals surface area (Å²) < 4.78 is 19.0.